The highest BCUT2D eigenvalue weighted by Crippen LogP contribution is 2.20. The Morgan fingerprint density at radius 1 is 1.14 bits per heavy atom. The van der Waals surface area contributed by atoms with E-state index in [2.05, 4.69) is 60.2 Å². The molecule has 2 aromatic carbocycles. The van der Waals surface area contributed by atoms with Crippen molar-refractivity contribution in [2.75, 3.05) is 0 Å². The first-order valence-electron chi connectivity index (χ1n) is 7.60. The van der Waals surface area contributed by atoms with Crippen LogP contribution in [-0.4, -0.2) is 5.91 Å². The molecule has 2 rings (SSSR count). The molecule has 1 atom stereocenters. The van der Waals surface area contributed by atoms with E-state index in [0.29, 0.717) is 6.42 Å². The molecule has 0 aliphatic heterocycles. The summed E-state index contributed by atoms with van der Waals surface area (Å²) in [5, 5.41) is 3.14. The molecule has 116 valence electrons. The van der Waals surface area contributed by atoms with Crippen LogP contribution in [0.2, 0.25) is 0 Å². The first-order valence-corrected chi connectivity index (χ1v) is 8.40. The second kappa shape index (κ2) is 7.59. The minimum absolute atomic E-state index is 0.0585. The molecule has 0 bridgehead atoms. The lowest BCUT2D eigenvalue weighted by Crippen LogP contribution is -2.29. The van der Waals surface area contributed by atoms with Gasteiger partial charge in [-0.2, -0.15) is 0 Å². The lowest BCUT2D eigenvalue weighted by Gasteiger charge is -2.18. The van der Waals surface area contributed by atoms with Gasteiger partial charge in [0.1, 0.15) is 0 Å². The third-order valence-corrected chi connectivity index (χ3v) is 4.42. The largest absolute Gasteiger partial charge is 0.349 e. The Morgan fingerprint density at radius 3 is 2.55 bits per heavy atom. The fourth-order valence-electron chi connectivity index (χ4n) is 2.48. The van der Waals surface area contributed by atoms with Gasteiger partial charge >= 0.3 is 0 Å². The predicted molar refractivity (Wildman–Crippen MR) is 94.9 cm³/mol. The Hall–Kier alpha value is -1.61. The number of hydrogen-bond acceptors (Lipinski definition) is 1. The number of hydrogen-bond donors (Lipinski definition) is 1. The molecule has 0 aliphatic rings. The summed E-state index contributed by atoms with van der Waals surface area (Å²) in [5.74, 6) is 0.0585. The van der Waals surface area contributed by atoms with Gasteiger partial charge in [0, 0.05) is 4.47 Å². The summed E-state index contributed by atoms with van der Waals surface area (Å²) >= 11 is 3.44. The number of halogens is 1. The summed E-state index contributed by atoms with van der Waals surface area (Å²) < 4.78 is 0.999. The monoisotopic (exact) mass is 359 g/mol. The first kappa shape index (κ1) is 16.8. The van der Waals surface area contributed by atoms with E-state index >= 15 is 0 Å². The lowest BCUT2D eigenvalue weighted by atomic mass is 9.99. The molecule has 3 heteroatoms. The molecule has 1 unspecified atom stereocenters. The second-order valence-corrected chi connectivity index (χ2v) is 6.59. The lowest BCUT2D eigenvalue weighted by molar-refractivity contribution is -0.121. The van der Waals surface area contributed by atoms with E-state index < -0.39 is 0 Å². The molecule has 0 aromatic heterocycles. The van der Waals surface area contributed by atoms with Gasteiger partial charge in [-0.3, -0.25) is 4.79 Å². The maximum absolute atomic E-state index is 12.3. The third kappa shape index (κ3) is 4.44. The molecule has 0 saturated heterocycles. The Bertz CT molecular complexity index is 666. The van der Waals surface area contributed by atoms with Gasteiger partial charge in [-0.15, -0.1) is 0 Å². The Labute approximate surface area is 141 Å². The number of benzene rings is 2. The fourth-order valence-corrected chi connectivity index (χ4v) is 2.93. The van der Waals surface area contributed by atoms with Crippen LogP contribution in [0.15, 0.2) is 46.9 Å². The van der Waals surface area contributed by atoms with Crippen LogP contribution in [-0.2, 0) is 11.2 Å². The zero-order chi connectivity index (χ0) is 16.1. The topological polar surface area (TPSA) is 29.1 Å². The standard InChI is InChI=1S/C19H22BrNO/c1-4-18(16-9-8-13(2)14(3)10-16)21-19(22)12-15-6-5-7-17(20)11-15/h5-11,18H,4,12H2,1-3H3,(H,21,22). The summed E-state index contributed by atoms with van der Waals surface area (Å²) in [4.78, 5) is 12.3. The van der Waals surface area contributed by atoms with Gasteiger partial charge in [-0.1, -0.05) is 53.2 Å². The van der Waals surface area contributed by atoms with Crippen molar-refractivity contribution in [2.45, 2.75) is 39.7 Å². The zero-order valence-electron chi connectivity index (χ0n) is 13.3. The third-order valence-electron chi connectivity index (χ3n) is 3.93. The summed E-state index contributed by atoms with van der Waals surface area (Å²) in [6, 6.07) is 14.3. The van der Waals surface area contributed by atoms with Crippen LogP contribution in [0.1, 0.15) is 41.6 Å². The van der Waals surface area contributed by atoms with Gasteiger partial charge in [-0.25, -0.2) is 0 Å². The summed E-state index contributed by atoms with van der Waals surface area (Å²) in [6.45, 7) is 6.31. The number of rotatable bonds is 5. The number of nitrogens with one attached hydrogen (secondary N) is 1. The van der Waals surface area contributed by atoms with Crippen LogP contribution < -0.4 is 5.32 Å². The van der Waals surface area contributed by atoms with E-state index in [1.54, 1.807) is 0 Å². The average Bonchev–Trinajstić information content (AvgIpc) is 2.48. The number of amides is 1. The molecular weight excluding hydrogens is 338 g/mol. The molecule has 22 heavy (non-hydrogen) atoms. The van der Waals surface area contributed by atoms with Crippen molar-refractivity contribution in [3.8, 4) is 0 Å². The normalized spacial score (nSPS) is 12.0. The van der Waals surface area contributed by atoms with E-state index in [1.165, 1.54) is 16.7 Å². The Balaban J connectivity index is 2.06. The zero-order valence-corrected chi connectivity index (χ0v) is 14.9. The van der Waals surface area contributed by atoms with Crippen LogP contribution in [0.4, 0.5) is 0 Å². The van der Waals surface area contributed by atoms with Crippen molar-refractivity contribution in [3.63, 3.8) is 0 Å². The van der Waals surface area contributed by atoms with Gasteiger partial charge in [0.15, 0.2) is 0 Å². The van der Waals surface area contributed by atoms with Crippen molar-refractivity contribution in [1.82, 2.24) is 5.32 Å². The molecule has 0 saturated carbocycles. The van der Waals surface area contributed by atoms with Crippen LogP contribution in [0.3, 0.4) is 0 Å². The fraction of sp³-hybridized carbons (Fsp3) is 0.316. The van der Waals surface area contributed by atoms with Crippen LogP contribution in [0.25, 0.3) is 0 Å². The van der Waals surface area contributed by atoms with E-state index in [1.807, 2.05) is 24.3 Å². The van der Waals surface area contributed by atoms with Gasteiger partial charge in [0.05, 0.1) is 12.5 Å². The van der Waals surface area contributed by atoms with Gasteiger partial charge in [0.25, 0.3) is 0 Å². The van der Waals surface area contributed by atoms with Crippen molar-refractivity contribution in [3.05, 3.63) is 69.2 Å². The molecule has 0 radical (unpaired) electrons. The maximum Gasteiger partial charge on any atom is 0.224 e. The number of aryl methyl sites for hydroxylation is 2. The first-order chi connectivity index (χ1) is 10.5. The highest BCUT2D eigenvalue weighted by atomic mass is 79.9. The molecule has 0 fully saturated rings. The molecular formula is C19H22BrNO. The molecule has 0 aliphatic carbocycles. The molecule has 2 aromatic rings. The van der Waals surface area contributed by atoms with Crippen LogP contribution in [0, 0.1) is 13.8 Å². The highest BCUT2D eigenvalue weighted by molar-refractivity contribution is 9.10. The quantitative estimate of drug-likeness (QED) is 0.809. The second-order valence-electron chi connectivity index (χ2n) is 5.68. The van der Waals surface area contributed by atoms with E-state index in [4.69, 9.17) is 0 Å². The molecule has 1 N–H and O–H groups in total. The van der Waals surface area contributed by atoms with Gasteiger partial charge < -0.3 is 5.32 Å². The van der Waals surface area contributed by atoms with Gasteiger partial charge in [-0.05, 0) is 54.7 Å². The van der Waals surface area contributed by atoms with Crippen molar-refractivity contribution < 1.29 is 4.79 Å². The number of carbonyl (C=O) groups is 1. The SMILES string of the molecule is CCC(NC(=O)Cc1cccc(Br)c1)c1ccc(C)c(C)c1. The Morgan fingerprint density at radius 2 is 1.91 bits per heavy atom. The summed E-state index contributed by atoms with van der Waals surface area (Å²) in [7, 11) is 0. The smallest absolute Gasteiger partial charge is 0.224 e. The summed E-state index contributed by atoms with van der Waals surface area (Å²) in [6.07, 6.45) is 1.29. The van der Waals surface area contributed by atoms with Crippen molar-refractivity contribution >= 4 is 21.8 Å². The van der Waals surface area contributed by atoms with E-state index in [-0.39, 0.29) is 11.9 Å². The van der Waals surface area contributed by atoms with Crippen molar-refractivity contribution in [1.29, 1.82) is 0 Å². The van der Waals surface area contributed by atoms with E-state index in [0.717, 1.165) is 16.5 Å². The van der Waals surface area contributed by atoms with Gasteiger partial charge in [0.2, 0.25) is 5.91 Å². The molecule has 0 heterocycles. The predicted octanol–water partition coefficient (Wildman–Crippen LogP) is 4.88. The molecule has 0 spiro atoms. The van der Waals surface area contributed by atoms with Crippen molar-refractivity contribution in [2.24, 2.45) is 0 Å². The van der Waals surface area contributed by atoms with E-state index in [9.17, 15) is 4.79 Å². The highest BCUT2D eigenvalue weighted by Gasteiger charge is 2.13. The average molecular weight is 360 g/mol. The number of carbonyl (C=O) groups excluding carboxylic acids is 1. The minimum Gasteiger partial charge on any atom is -0.349 e. The van der Waals surface area contributed by atoms with Crippen LogP contribution >= 0.6 is 15.9 Å². The molecule has 2 nitrogen and oxygen atoms in total. The summed E-state index contributed by atoms with van der Waals surface area (Å²) in [5.41, 5.74) is 4.73. The Kier molecular flexibility index (Phi) is 5.78. The van der Waals surface area contributed by atoms with Crippen LogP contribution in [0.5, 0.6) is 0 Å². The minimum atomic E-state index is 0.0585. The molecule has 1 amide bonds. The maximum atomic E-state index is 12.3.